The van der Waals surface area contributed by atoms with E-state index in [2.05, 4.69) is 161 Å². The molecule has 3 aromatic carbocycles. The topological polar surface area (TPSA) is 40.1 Å². The minimum absolute atomic E-state index is 0.272. The molecule has 0 unspecified atom stereocenters. The molecule has 0 N–H and O–H groups in total. The Bertz CT molecular complexity index is 1310. The van der Waals surface area contributed by atoms with E-state index in [9.17, 15) is 0 Å². The molecule has 0 aliphatic carbocycles. The van der Waals surface area contributed by atoms with Gasteiger partial charge in [0.05, 0.1) is 0 Å². The van der Waals surface area contributed by atoms with E-state index < -0.39 is 5.97 Å². The van der Waals surface area contributed by atoms with Crippen molar-refractivity contribution in [1.29, 1.82) is 0 Å². The maximum atomic E-state index is 8.89. The summed E-state index contributed by atoms with van der Waals surface area (Å²) >= 11 is 0. The number of aliphatic carboxylic acids is 1. The molecular formula is C47H72O2S. The van der Waals surface area contributed by atoms with Crippen LogP contribution in [0.25, 0.3) is 0 Å². The number of carbonyl (C=O) groups is 1. The predicted molar refractivity (Wildman–Crippen MR) is 219 cm³/mol. The fourth-order valence-electron chi connectivity index (χ4n) is 6.68. The fraction of sp³-hybridized carbons (Fsp3) is 0.596. The van der Waals surface area contributed by atoms with Gasteiger partial charge in [0.15, 0.2) is 14.7 Å². The number of carboxylic acids is 1. The average molecular weight is 701 g/mol. The molecule has 0 radical (unpaired) electrons. The molecule has 278 valence electrons. The van der Waals surface area contributed by atoms with Crippen LogP contribution in [0.2, 0.25) is 0 Å². The van der Waals surface area contributed by atoms with Crippen LogP contribution < -0.4 is 5.11 Å². The van der Waals surface area contributed by atoms with Crippen molar-refractivity contribution >= 4 is 16.9 Å². The van der Waals surface area contributed by atoms with E-state index in [1.807, 2.05) is 0 Å². The highest BCUT2D eigenvalue weighted by Gasteiger charge is 2.44. The molecule has 0 amide bonds. The van der Waals surface area contributed by atoms with Crippen LogP contribution in [-0.4, -0.2) is 5.97 Å². The molecule has 0 aliphatic rings. The summed E-state index contributed by atoms with van der Waals surface area (Å²) in [4.78, 5) is 13.7. The number of benzene rings is 3. The van der Waals surface area contributed by atoms with Crippen molar-refractivity contribution < 1.29 is 9.90 Å². The fourth-order valence-corrected chi connectivity index (χ4v) is 10.5. The first kappa shape index (κ1) is 43.6. The second-order valence-corrected chi connectivity index (χ2v) is 19.1. The SMILES string of the molecule is CC(=O)[O-].CC(C)c1cc(C(C)C)c([S+](c2c(C(C)C)cc(C(C)C)cc2C(C)C)c2c(C(C)C)cc(C(C)C)cc2C(C)C)c(C(C)C)c1. The minimum atomic E-state index is -1.08. The summed E-state index contributed by atoms with van der Waals surface area (Å²) in [7, 11) is -0.272. The maximum absolute atomic E-state index is 8.89. The van der Waals surface area contributed by atoms with Gasteiger partial charge >= 0.3 is 0 Å². The van der Waals surface area contributed by atoms with Crippen LogP contribution in [0.3, 0.4) is 0 Å². The van der Waals surface area contributed by atoms with Crippen molar-refractivity contribution in [3.63, 3.8) is 0 Å². The molecule has 0 heterocycles. The number of carboxylic acid groups (broad SMARTS) is 1. The van der Waals surface area contributed by atoms with Crippen molar-refractivity contribution in [2.75, 3.05) is 0 Å². The molecule has 0 saturated carbocycles. The maximum Gasteiger partial charge on any atom is 0.173 e. The normalized spacial score (nSPS) is 12.3. The first-order chi connectivity index (χ1) is 23.0. The summed E-state index contributed by atoms with van der Waals surface area (Å²) < 4.78 is 0. The molecule has 0 fully saturated rings. The largest absolute Gasteiger partial charge is 0.550 e. The van der Waals surface area contributed by atoms with Crippen LogP contribution in [0.15, 0.2) is 51.1 Å². The molecule has 0 atom stereocenters. The molecule has 2 nitrogen and oxygen atoms in total. The van der Waals surface area contributed by atoms with E-state index in [0.29, 0.717) is 53.3 Å². The number of hydrogen-bond donors (Lipinski definition) is 0. The molecule has 0 aromatic heterocycles. The summed E-state index contributed by atoms with van der Waals surface area (Å²) in [5, 5.41) is 8.89. The molecule has 0 bridgehead atoms. The van der Waals surface area contributed by atoms with Gasteiger partial charge in [0.2, 0.25) is 0 Å². The molecule has 3 heteroatoms. The Kier molecular flexibility index (Phi) is 16.0. The van der Waals surface area contributed by atoms with Crippen LogP contribution in [0.1, 0.15) is 235 Å². The van der Waals surface area contributed by atoms with E-state index in [0.717, 1.165) is 6.92 Å². The molecule has 3 rings (SSSR count). The third-order valence-electron chi connectivity index (χ3n) is 9.85. The van der Waals surface area contributed by atoms with Gasteiger partial charge in [-0.3, -0.25) is 0 Å². The quantitative estimate of drug-likeness (QED) is 0.176. The van der Waals surface area contributed by atoms with Gasteiger partial charge in [-0.1, -0.05) is 161 Å². The van der Waals surface area contributed by atoms with Crippen molar-refractivity contribution in [3.8, 4) is 0 Å². The summed E-state index contributed by atoms with van der Waals surface area (Å²) in [5.74, 6) is 3.00. The van der Waals surface area contributed by atoms with Gasteiger partial charge in [-0.05, 0) is 76.9 Å². The zero-order valence-corrected chi connectivity index (χ0v) is 36.2. The minimum Gasteiger partial charge on any atom is -0.550 e. The summed E-state index contributed by atoms with van der Waals surface area (Å²) in [6.07, 6.45) is 0. The lowest BCUT2D eigenvalue weighted by atomic mass is 9.89. The lowest BCUT2D eigenvalue weighted by Gasteiger charge is -2.29. The van der Waals surface area contributed by atoms with Crippen LogP contribution in [0.5, 0.6) is 0 Å². The van der Waals surface area contributed by atoms with Crippen LogP contribution in [0, 0.1) is 0 Å². The molecule has 0 saturated heterocycles. The molecular weight excluding hydrogens is 629 g/mol. The zero-order chi connectivity index (χ0) is 38.5. The summed E-state index contributed by atoms with van der Waals surface area (Å²) in [6.45, 7) is 44.3. The van der Waals surface area contributed by atoms with Gasteiger partial charge < -0.3 is 9.90 Å². The highest BCUT2D eigenvalue weighted by atomic mass is 32.2. The van der Waals surface area contributed by atoms with E-state index >= 15 is 0 Å². The van der Waals surface area contributed by atoms with Crippen molar-refractivity contribution in [2.45, 2.75) is 199 Å². The Hall–Kier alpha value is -2.52. The lowest BCUT2D eigenvalue weighted by Crippen LogP contribution is -2.22. The van der Waals surface area contributed by atoms with Crippen LogP contribution >= 0.6 is 0 Å². The number of hydrogen-bond acceptors (Lipinski definition) is 2. The molecule has 50 heavy (non-hydrogen) atoms. The Balaban J connectivity index is 0.00000205. The highest BCUT2D eigenvalue weighted by Crippen LogP contribution is 2.50. The Labute approximate surface area is 311 Å². The molecule has 3 aromatic rings. The van der Waals surface area contributed by atoms with Gasteiger partial charge in [0.25, 0.3) is 0 Å². The third kappa shape index (κ3) is 10.3. The Morgan fingerprint density at radius 3 is 0.620 bits per heavy atom. The van der Waals surface area contributed by atoms with Crippen molar-refractivity contribution in [1.82, 2.24) is 0 Å². The Morgan fingerprint density at radius 2 is 0.520 bits per heavy atom. The second kappa shape index (κ2) is 18.3. The number of carbonyl (C=O) groups excluding carboxylic acids is 1. The monoisotopic (exact) mass is 701 g/mol. The van der Waals surface area contributed by atoms with E-state index in [-0.39, 0.29) is 10.9 Å². The van der Waals surface area contributed by atoms with Crippen LogP contribution in [0.4, 0.5) is 0 Å². The van der Waals surface area contributed by atoms with E-state index in [1.54, 1.807) is 48.1 Å². The van der Waals surface area contributed by atoms with Crippen molar-refractivity contribution in [3.05, 3.63) is 86.5 Å². The predicted octanol–water partition coefficient (Wildman–Crippen LogP) is 13.6. The summed E-state index contributed by atoms with van der Waals surface area (Å²) in [5.41, 5.74) is 13.7. The molecule has 0 spiro atoms. The zero-order valence-electron chi connectivity index (χ0n) is 35.4. The third-order valence-corrected chi connectivity index (χ3v) is 12.5. The van der Waals surface area contributed by atoms with Gasteiger partial charge in [0, 0.05) is 39.4 Å². The standard InChI is InChI=1S/C45H69S.C2H4O2/c1-25(2)34-19-37(28(7)8)43(38(20-34)29(9)10)46(44-39(30(11)12)21-35(26(3)4)22-40(44)31(13)14)45-41(32(15)16)23-36(27(5)6)24-42(45)33(17)18;1-2(3)4/h19-33H,1-18H3;1H3,(H,3,4)/q+1;/p-1. The van der Waals surface area contributed by atoms with Gasteiger partial charge in [-0.15, -0.1) is 0 Å². The first-order valence-corrected chi connectivity index (χ1v) is 20.7. The Morgan fingerprint density at radius 1 is 0.380 bits per heavy atom. The van der Waals surface area contributed by atoms with E-state index in [4.69, 9.17) is 9.90 Å². The first-order valence-electron chi connectivity index (χ1n) is 19.5. The van der Waals surface area contributed by atoms with E-state index in [1.165, 1.54) is 16.7 Å². The van der Waals surface area contributed by atoms with Gasteiger partial charge in [-0.25, -0.2) is 0 Å². The highest BCUT2D eigenvalue weighted by molar-refractivity contribution is 7.97. The second-order valence-electron chi connectivity index (χ2n) is 17.3. The van der Waals surface area contributed by atoms with Crippen molar-refractivity contribution in [2.24, 2.45) is 0 Å². The van der Waals surface area contributed by atoms with Crippen LogP contribution in [-0.2, 0) is 15.7 Å². The van der Waals surface area contributed by atoms with Gasteiger partial charge in [0.1, 0.15) is 10.9 Å². The lowest BCUT2D eigenvalue weighted by molar-refractivity contribution is -0.302. The molecule has 0 aliphatic heterocycles. The van der Waals surface area contributed by atoms with Gasteiger partial charge in [-0.2, -0.15) is 0 Å². The average Bonchev–Trinajstić information content (AvgIpc) is 2.99. The number of rotatable bonds is 12. The smallest absolute Gasteiger partial charge is 0.173 e. The summed E-state index contributed by atoms with van der Waals surface area (Å²) in [6, 6.07) is 15.6.